The monoisotopic (exact) mass is 332 g/mol. The molecule has 2 atom stereocenters. The average Bonchev–Trinajstić information content (AvgIpc) is 2.79. The van der Waals surface area contributed by atoms with Gasteiger partial charge in [-0.2, -0.15) is 0 Å². The predicted molar refractivity (Wildman–Crippen MR) is 85.2 cm³/mol. The van der Waals surface area contributed by atoms with Crippen molar-refractivity contribution in [3.63, 3.8) is 0 Å². The second-order valence-electron chi connectivity index (χ2n) is 5.97. The van der Waals surface area contributed by atoms with Crippen LogP contribution in [0, 0.1) is 5.92 Å². The van der Waals surface area contributed by atoms with Gasteiger partial charge in [0.05, 0.1) is 18.2 Å². The summed E-state index contributed by atoms with van der Waals surface area (Å²) in [4.78, 5) is 50.2. The third kappa shape index (κ3) is 3.02. The first kappa shape index (κ1) is 17.7. The highest BCUT2D eigenvalue weighted by molar-refractivity contribution is 6.22. The largest absolute Gasteiger partial charge is 0.467 e. The van der Waals surface area contributed by atoms with Gasteiger partial charge in [0.2, 0.25) is 5.91 Å². The van der Waals surface area contributed by atoms with E-state index in [0.29, 0.717) is 0 Å². The van der Waals surface area contributed by atoms with Crippen molar-refractivity contribution < 1.29 is 23.9 Å². The number of hydrogen-bond acceptors (Lipinski definition) is 5. The smallest absolute Gasteiger partial charge is 0.328 e. The molecule has 1 heterocycles. The Morgan fingerprint density at radius 3 is 1.96 bits per heavy atom. The van der Waals surface area contributed by atoms with Crippen LogP contribution in [0.4, 0.5) is 0 Å². The summed E-state index contributed by atoms with van der Waals surface area (Å²) in [6, 6.07) is 4.56. The van der Waals surface area contributed by atoms with E-state index in [-0.39, 0.29) is 17.0 Å². The summed E-state index contributed by atoms with van der Waals surface area (Å²) in [5.41, 5.74) is 0.559. The number of amides is 3. The molecule has 0 spiro atoms. The van der Waals surface area contributed by atoms with Crippen LogP contribution in [0.2, 0.25) is 0 Å². The standard InChI is InChI=1S/C17H20N2O5/c1-9(2)13(14(20)18-10(3)17(23)24-4)19-15(21)11-7-5-6-8-12(11)16(19)22/h5-10,13H,1-4H3,(H,18,20)/t10-,13+/m1/s1. The highest BCUT2D eigenvalue weighted by Gasteiger charge is 2.44. The number of rotatable bonds is 5. The van der Waals surface area contributed by atoms with Crippen molar-refractivity contribution in [1.29, 1.82) is 0 Å². The average molecular weight is 332 g/mol. The molecule has 7 nitrogen and oxygen atoms in total. The number of esters is 1. The van der Waals surface area contributed by atoms with E-state index in [0.717, 1.165) is 4.90 Å². The third-order valence-electron chi connectivity index (χ3n) is 3.92. The van der Waals surface area contributed by atoms with Gasteiger partial charge in [0, 0.05) is 0 Å². The molecule has 7 heteroatoms. The molecule has 0 fully saturated rings. The van der Waals surface area contributed by atoms with Crippen LogP contribution in [0.5, 0.6) is 0 Å². The molecule has 1 aliphatic heterocycles. The Bertz CT molecular complexity index is 663. The molecular weight excluding hydrogens is 312 g/mol. The van der Waals surface area contributed by atoms with E-state index < -0.39 is 35.8 Å². The number of methoxy groups -OCH3 is 1. The Kier molecular flexibility index (Phi) is 5.02. The fraction of sp³-hybridized carbons (Fsp3) is 0.412. The molecule has 2 rings (SSSR count). The van der Waals surface area contributed by atoms with E-state index in [9.17, 15) is 19.2 Å². The minimum absolute atomic E-state index is 0.280. The molecule has 1 aromatic rings. The zero-order valence-corrected chi connectivity index (χ0v) is 14.0. The van der Waals surface area contributed by atoms with Gasteiger partial charge in [-0.3, -0.25) is 19.3 Å². The molecule has 0 unspecified atom stereocenters. The molecule has 128 valence electrons. The lowest BCUT2D eigenvalue weighted by atomic mass is 10.0. The first-order valence-corrected chi connectivity index (χ1v) is 7.64. The molecule has 1 N–H and O–H groups in total. The molecule has 0 radical (unpaired) electrons. The number of fused-ring (bicyclic) bond motifs is 1. The fourth-order valence-corrected chi connectivity index (χ4v) is 2.71. The maximum absolute atomic E-state index is 12.6. The Balaban J connectivity index is 2.29. The predicted octanol–water partition coefficient (Wildman–Crippen LogP) is 0.985. The molecule has 1 aliphatic rings. The first-order chi connectivity index (χ1) is 11.3. The molecule has 0 saturated carbocycles. The van der Waals surface area contributed by atoms with E-state index in [1.807, 2.05) is 0 Å². The van der Waals surface area contributed by atoms with Crippen LogP contribution >= 0.6 is 0 Å². The Labute approximate surface area is 140 Å². The summed E-state index contributed by atoms with van der Waals surface area (Å²) in [5, 5.41) is 2.50. The van der Waals surface area contributed by atoms with Crippen molar-refractivity contribution in [2.24, 2.45) is 5.92 Å². The van der Waals surface area contributed by atoms with E-state index >= 15 is 0 Å². The SMILES string of the molecule is COC(=O)[C@@H](C)NC(=O)[C@H](C(C)C)N1C(=O)c2ccccc2C1=O. The highest BCUT2D eigenvalue weighted by atomic mass is 16.5. The van der Waals surface area contributed by atoms with E-state index in [1.165, 1.54) is 14.0 Å². The number of nitrogens with one attached hydrogen (secondary N) is 1. The van der Waals surface area contributed by atoms with Gasteiger partial charge in [0.1, 0.15) is 12.1 Å². The molecule has 0 saturated heterocycles. The quantitative estimate of drug-likeness (QED) is 0.641. The van der Waals surface area contributed by atoms with Crippen molar-refractivity contribution in [1.82, 2.24) is 10.2 Å². The van der Waals surface area contributed by atoms with Gasteiger partial charge in [-0.05, 0) is 25.0 Å². The fourth-order valence-electron chi connectivity index (χ4n) is 2.71. The number of imide groups is 1. The lowest BCUT2D eigenvalue weighted by Crippen LogP contribution is -2.55. The number of benzene rings is 1. The van der Waals surface area contributed by atoms with Crippen LogP contribution in [0.3, 0.4) is 0 Å². The summed E-state index contributed by atoms with van der Waals surface area (Å²) in [6.07, 6.45) is 0. The second-order valence-corrected chi connectivity index (χ2v) is 5.97. The molecule has 1 aromatic carbocycles. The molecule has 24 heavy (non-hydrogen) atoms. The van der Waals surface area contributed by atoms with Crippen LogP contribution in [0.25, 0.3) is 0 Å². The van der Waals surface area contributed by atoms with Crippen LogP contribution < -0.4 is 5.32 Å². The number of hydrogen-bond donors (Lipinski definition) is 1. The van der Waals surface area contributed by atoms with Crippen LogP contribution in [-0.2, 0) is 14.3 Å². The van der Waals surface area contributed by atoms with E-state index in [2.05, 4.69) is 10.1 Å². The molecular formula is C17H20N2O5. The van der Waals surface area contributed by atoms with Gasteiger partial charge in [0.15, 0.2) is 0 Å². The zero-order chi connectivity index (χ0) is 18.0. The van der Waals surface area contributed by atoms with E-state index in [1.54, 1.807) is 38.1 Å². The lowest BCUT2D eigenvalue weighted by molar-refractivity contribution is -0.145. The zero-order valence-electron chi connectivity index (χ0n) is 14.0. The maximum Gasteiger partial charge on any atom is 0.328 e. The van der Waals surface area contributed by atoms with Crippen molar-refractivity contribution in [2.75, 3.05) is 7.11 Å². The number of carbonyl (C=O) groups excluding carboxylic acids is 4. The molecule has 0 aromatic heterocycles. The Morgan fingerprint density at radius 2 is 1.54 bits per heavy atom. The van der Waals surface area contributed by atoms with Crippen LogP contribution in [0.15, 0.2) is 24.3 Å². The second kappa shape index (κ2) is 6.82. The number of nitrogens with zero attached hydrogens (tertiary/aromatic N) is 1. The summed E-state index contributed by atoms with van der Waals surface area (Å²) in [5.74, 6) is -2.51. The summed E-state index contributed by atoms with van der Waals surface area (Å²) >= 11 is 0. The van der Waals surface area contributed by atoms with Crippen LogP contribution in [-0.4, -0.2) is 47.8 Å². The summed E-state index contributed by atoms with van der Waals surface area (Å²) in [7, 11) is 1.22. The van der Waals surface area contributed by atoms with Crippen LogP contribution in [0.1, 0.15) is 41.5 Å². The number of ether oxygens (including phenoxy) is 1. The minimum atomic E-state index is -1.01. The van der Waals surface area contributed by atoms with Gasteiger partial charge >= 0.3 is 5.97 Å². The first-order valence-electron chi connectivity index (χ1n) is 7.64. The van der Waals surface area contributed by atoms with Gasteiger partial charge in [-0.1, -0.05) is 26.0 Å². The maximum atomic E-state index is 12.6. The third-order valence-corrected chi connectivity index (χ3v) is 3.92. The van der Waals surface area contributed by atoms with Gasteiger partial charge in [0.25, 0.3) is 11.8 Å². The topological polar surface area (TPSA) is 92.8 Å². The van der Waals surface area contributed by atoms with Gasteiger partial charge < -0.3 is 10.1 Å². The van der Waals surface area contributed by atoms with Crippen molar-refractivity contribution >= 4 is 23.7 Å². The van der Waals surface area contributed by atoms with E-state index in [4.69, 9.17) is 0 Å². The summed E-state index contributed by atoms with van der Waals surface area (Å²) in [6.45, 7) is 4.94. The van der Waals surface area contributed by atoms with Crippen molar-refractivity contribution in [3.05, 3.63) is 35.4 Å². The van der Waals surface area contributed by atoms with Crippen molar-refractivity contribution in [3.8, 4) is 0 Å². The Hall–Kier alpha value is -2.70. The molecule has 0 aliphatic carbocycles. The van der Waals surface area contributed by atoms with Gasteiger partial charge in [-0.15, -0.1) is 0 Å². The number of carbonyl (C=O) groups is 4. The minimum Gasteiger partial charge on any atom is -0.467 e. The summed E-state index contributed by atoms with van der Waals surface area (Å²) < 4.78 is 4.57. The lowest BCUT2D eigenvalue weighted by Gasteiger charge is -2.29. The highest BCUT2D eigenvalue weighted by Crippen LogP contribution is 2.27. The van der Waals surface area contributed by atoms with Gasteiger partial charge in [-0.25, -0.2) is 4.79 Å². The Morgan fingerprint density at radius 1 is 1.04 bits per heavy atom. The molecule has 0 bridgehead atoms. The normalized spacial score (nSPS) is 16.0. The van der Waals surface area contributed by atoms with Crippen molar-refractivity contribution in [2.45, 2.75) is 32.9 Å². The molecule has 3 amide bonds.